The molecule has 2 aromatic carbocycles. The molecule has 6 nitrogen and oxygen atoms in total. The van der Waals surface area contributed by atoms with Crippen molar-refractivity contribution in [3.8, 4) is 0 Å². The van der Waals surface area contributed by atoms with E-state index < -0.39 is 0 Å². The molecule has 1 aliphatic rings. The number of rotatable bonds is 5. The Labute approximate surface area is 204 Å². The van der Waals surface area contributed by atoms with Gasteiger partial charge >= 0.3 is 0 Å². The van der Waals surface area contributed by atoms with Crippen LogP contribution < -0.4 is 15.8 Å². The highest BCUT2D eigenvalue weighted by atomic mass is 32.1. The molecule has 1 amide bonds. The van der Waals surface area contributed by atoms with E-state index in [2.05, 4.69) is 5.32 Å². The zero-order valence-corrected chi connectivity index (χ0v) is 19.9. The number of piperidine rings is 1. The second kappa shape index (κ2) is 9.58. The second-order valence-corrected chi connectivity index (χ2v) is 9.72. The molecular formula is C26H24F2N4O2S. The topological polar surface area (TPSA) is 67.2 Å². The van der Waals surface area contributed by atoms with Crippen LogP contribution >= 0.6 is 11.3 Å². The molecule has 3 heterocycles. The van der Waals surface area contributed by atoms with Crippen molar-refractivity contribution in [3.63, 3.8) is 0 Å². The molecule has 1 aliphatic heterocycles. The summed E-state index contributed by atoms with van der Waals surface area (Å²) in [5, 5.41) is 4.73. The van der Waals surface area contributed by atoms with Crippen LogP contribution in [0.2, 0.25) is 0 Å². The zero-order chi connectivity index (χ0) is 24.5. The van der Waals surface area contributed by atoms with Gasteiger partial charge in [0.25, 0.3) is 5.56 Å². The summed E-state index contributed by atoms with van der Waals surface area (Å²) in [4.78, 5) is 33.2. The van der Waals surface area contributed by atoms with Gasteiger partial charge in [-0.05, 0) is 72.7 Å². The second-order valence-electron chi connectivity index (χ2n) is 8.80. The molecule has 35 heavy (non-hydrogen) atoms. The van der Waals surface area contributed by atoms with Crippen molar-refractivity contribution in [1.29, 1.82) is 0 Å². The number of thiophene rings is 1. The minimum atomic E-state index is -0.339. The molecule has 2 aromatic heterocycles. The quantitative estimate of drug-likeness (QED) is 0.427. The lowest BCUT2D eigenvalue weighted by Crippen LogP contribution is -2.43. The molecule has 0 saturated carbocycles. The minimum absolute atomic E-state index is 0.148. The summed E-state index contributed by atoms with van der Waals surface area (Å²) in [6, 6.07) is 12.4. The predicted molar refractivity (Wildman–Crippen MR) is 134 cm³/mol. The first-order valence-electron chi connectivity index (χ1n) is 11.4. The van der Waals surface area contributed by atoms with Crippen LogP contribution in [0, 0.1) is 24.5 Å². The van der Waals surface area contributed by atoms with Gasteiger partial charge in [0.15, 0.2) is 0 Å². The first kappa shape index (κ1) is 23.2. The van der Waals surface area contributed by atoms with Crippen molar-refractivity contribution in [3.05, 3.63) is 87.0 Å². The molecule has 1 saturated heterocycles. The largest absolute Gasteiger partial charge is 0.341 e. The lowest BCUT2D eigenvalue weighted by molar-refractivity contribution is -0.120. The Bertz CT molecular complexity index is 1450. The zero-order valence-electron chi connectivity index (χ0n) is 19.1. The number of carbonyl (C=O) groups is 1. The van der Waals surface area contributed by atoms with Crippen LogP contribution in [0.3, 0.4) is 0 Å². The van der Waals surface area contributed by atoms with Crippen LogP contribution in [-0.2, 0) is 11.3 Å². The summed E-state index contributed by atoms with van der Waals surface area (Å²) in [5.41, 5.74) is 2.27. The van der Waals surface area contributed by atoms with Gasteiger partial charge in [0, 0.05) is 18.8 Å². The lowest BCUT2D eigenvalue weighted by atomic mass is 9.97. The van der Waals surface area contributed by atoms with E-state index in [1.165, 1.54) is 29.5 Å². The maximum atomic E-state index is 13.6. The Balaban J connectivity index is 1.43. The van der Waals surface area contributed by atoms with E-state index in [1.807, 2.05) is 16.3 Å². The third-order valence-electron chi connectivity index (χ3n) is 6.30. The third-order valence-corrected chi connectivity index (χ3v) is 7.19. The number of anilines is 2. The number of fused-ring (bicyclic) bond motifs is 1. The minimum Gasteiger partial charge on any atom is -0.341 e. The van der Waals surface area contributed by atoms with Crippen LogP contribution in [0.5, 0.6) is 0 Å². The Hall–Kier alpha value is -3.59. The van der Waals surface area contributed by atoms with Crippen molar-refractivity contribution < 1.29 is 13.6 Å². The Kier molecular flexibility index (Phi) is 6.34. The van der Waals surface area contributed by atoms with Crippen LogP contribution in [0.15, 0.2) is 58.7 Å². The van der Waals surface area contributed by atoms with Crippen molar-refractivity contribution in [2.75, 3.05) is 23.3 Å². The molecule has 4 aromatic rings. The highest BCUT2D eigenvalue weighted by Gasteiger charge is 2.29. The highest BCUT2D eigenvalue weighted by molar-refractivity contribution is 7.17. The molecular weight excluding hydrogens is 470 g/mol. The van der Waals surface area contributed by atoms with Gasteiger partial charge < -0.3 is 10.2 Å². The maximum Gasteiger partial charge on any atom is 0.273 e. The van der Waals surface area contributed by atoms with Gasteiger partial charge in [-0.25, -0.2) is 13.8 Å². The number of hydrogen-bond acceptors (Lipinski definition) is 5. The van der Waals surface area contributed by atoms with Gasteiger partial charge in [0.1, 0.15) is 16.3 Å². The number of benzene rings is 2. The third kappa shape index (κ3) is 4.81. The van der Waals surface area contributed by atoms with E-state index in [4.69, 9.17) is 4.98 Å². The number of nitrogens with zero attached hydrogens (tertiary/aromatic N) is 3. The number of halogens is 2. The number of amides is 1. The average Bonchev–Trinajstić information content (AvgIpc) is 3.33. The average molecular weight is 495 g/mol. The van der Waals surface area contributed by atoms with E-state index in [9.17, 15) is 18.4 Å². The van der Waals surface area contributed by atoms with Gasteiger partial charge in [-0.1, -0.05) is 12.1 Å². The summed E-state index contributed by atoms with van der Waals surface area (Å²) < 4.78 is 29.2. The Morgan fingerprint density at radius 3 is 2.74 bits per heavy atom. The summed E-state index contributed by atoms with van der Waals surface area (Å²) in [6.07, 6.45) is 1.46. The van der Waals surface area contributed by atoms with Crippen LogP contribution in [-0.4, -0.2) is 28.5 Å². The summed E-state index contributed by atoms with van der Waals surface area (Å²) in [5.74, 6) is -0.621. The molecule has 1 unspecified atom stereocenters. The molecule has 1 N–H and O–H groups in total. The van der Waals surface area contributed by atoms with E-state index in [0.717, 1.165) is 12.0 Å². The van der Waals surface area contributed by atoms with E-state index in [-0.39, 0.29) is 35.6 Å². The number of aryl methyl sites for hydroxylation is 1. The van der Waals surface area contributed by atoms with E-state index >= 15 is 0 Å². The van der Waals surface area contributed by atoms with Gasteiger partial charge in [-0.3, -0.25) is 14.2 Å². The smallest absolute Gasteiger partial charge is 0.273 e. The monoisotopic (exact) mass is 494 g/mol. The molecule has 0 radical (unpaired) electrons. The van der Waals surface area contributed by atoms with Crippen molar-refractivity contribution >= 4 is 39.1 Å². The first-order valence-corrected chi connectivity index (χ1v) is 12.3. The van der Waals surface area contributed by atoms with Crippen LogP contribution in [0.25, 0.3) is 10.2 Å². The normalized spacial score (nSPS) is 16.0. The maximum absolute atomic E-state index is 13.6. The van der Waals surface area contributed by atoms with Crippen molar-refractivity contribution in [2.24, 2.45) is 5.92 Å². The molecule has 1 fully saturated rings. The SMILES string of the molecule is Cc1cc(NC(=O)C2CCCN(c3nc4ccsc4c(=O)n3Cc3ccc(F)cc3)C2)ccc1F. The number of nitrogens with one attached hydrogen (secondary N) is 1. The standard InChI is InChI=1S/C26H24F2N4O2S/c1-16-13-20(8-9-21(16)28)29-24(33)18-3-2-11-31(15-18)26-30-22-10-12-35-23(22)25(34)32(26)14-17-4-6-19(27)7-5-17/h4-10,12-13,18H,2-3,11,14-15H2,1H3,(H,29,33). The Morgan fingerprint density at radius 2 is 1.97 bits per heavy atom. The van der Waals surface area contributed by atoms with Crippen molar-refractivity contribution in [1.82, 2.24) is 9.55 Å². The molecule has 9 heteroatoms. The molecule has 5 rings (SSSR count). The van der Waals surface area contributed by atoms with Gasteiger partial charge in [0.2, 0.25) is 11.9 Å². The molecule has 0 aliphatic carbocycles. The fourth-order valence-corrected chi connectivity index (χ4v) is 5.21. The fraction of sp³-hybridized carbons (Fsp3) is 0.269. The summed E-state index contributed by atoms with van der Waals surface area (Å²) in [6.45, 7) is 2.96. The highest BCUT2D eigenvalue weighted by Crippen LogP contribution is 2.26. The molecule has 0 spiro atoms. The summed E-state index contributed by atoms with van der Waals surface area (Å²) in [7, 11) is 0. The molecule has 0 bridgehead atoms. The summed E-state index contributed by atoms with van der Waals surface area (Å²) >= 11 is 1.34. The van der Waals surface area contributed by atoms with Crippen molar-refractivity contribution in [2.45, 2.75) is 26.3 Å². The van der Waals surface area contributed by atoms with Gasteiger partial charge in [-0.15, -0.1) is 11.3 Å². The number of carbonyl (C=O) groups excluding carboxylic acids is 1. The lowest BCUT2D eigenvalue weighted by Gasteiger charge is -2.34. The van der Waals surface area contributed by atoms with E-state index in [1.54, 1.807) is 35.8 Å². The van der Waals surface area contributed by atoms with Crippen LogP contribution in [0.1, 0.15) is 24.0 Å². The van der Waals surface area contributed by atoms with E-state index in [0.29, 0.717) is 46.9 Å². The molecule has 1 atom stereocenters. The number of aromatic nitrogens is 2. The first-order chi connectivity index (χ1) is 16.9. The van der Waals surface area contributed by atoms with Gasteiger partial charge in [-0.2, -0.15) is 0 Å². The predicted octanol–water partition coefficient (Wildman–Crippen LogP) is 4.95. The Morgan fingerprint density at radius 1 is 1.17 bits per heavy atom. The van der Waals surface area contributed by atoms with Crippen LogP contribution in [0.4, 0.5) is 20.4 Å². The fourth-order valence-electron chi connectivity index (χ4n) is 4.43. The molecule has 180 valence electrons. The van der Waals surface area contributed by atoms with Gasteiger partial charge in [0.05, 0.1) is 18.0 Å². The number of hydrogen-bond donors (Lipinski definition) is 1.